The maximum atomic E-state index is 11.8. The molecule has 3 rings (SSSR count). The van der Waals surface area contributed by atoms with Crippen molar-refractivity contribution in [1.29, 1.82) is 0 Å². The Morgan fingerprint density at radius 3 is 2.64 bits per heavy atom. The maximum absolute atomic E-state index is 11.8. The second-order valence-corrected chi connectivity index (χ2v) is 7.39. The molecule has 1 saturated carbocycles. The van der Waals surface area contributed by atoms with Crippen LogP contribution in [0.2, 0.25) is 0 Å². The first-order chi connectivity index (χ1) is 10.6. The molecule has 1 aromatic carbocycles. The number of carboxylic acid groups (broad SMARTS) is 1. The molecule has 0 aliphatic heterocycles. The van der Waals surface area contributed by atoms with Gasteiger partial charge in [0.25, 0.3) is 0 Å². The fourth-order valence-electron chi connectivity index (χ4n) is 2.85. The van der Waals surface area contributed by atoms with E-state index in [2.05, 4.69) is 23.2 Å². The number of rotatable bonds is 6. The molecule has 1 fully saturated rings. The Labute approximate surface area is 135 Å². The summed E-state index contributed by atoms with van der Waals surface area (Å²) in [6.45, 7) is 3.90. The highest BCUT2D eigenvalue weighted by atomic mass is 32.2. The Morgan fingerprint density at radius 2 is 2.05 bits per heavy atom. The number of aromatic nitrogens is 1. The SMILES string of the molecule is CCC(CC)(Sc1ccnc2ccc(C3CC3)cc12)C(=O)O. The first-order valence-corrected chi connectivity index (χ1v) is 8.72. The zero-order valence-electron chi connectivity index (χ0n) is 13.0. The van der Waals surface area contributed by atoms with Crippen LogP contribution >= 0.6 is 11.8 Å². The van der Waals surface area contributed by atoms with E-state index in [1.807, 2.05) is 19.9 Å². The van der Waals surface area contributed by atoms with Gasteiger partial charge in [-0.3, -0.25) is 9.78 Å². The van der Waals surface area contributed by atoms with Gasteiger partial charge in [-0.1, -0.05) is 19.9 Å². The predicted octanol–water partition coefficient (Wildman–Crippen LogP) is 4.85. The number of thioether (sulfide) groups is 1. The van der Waals surface area contributed by atoms with Gasteiger partial charge in [0.2, 0.25) is 0 Å². The lowest BCUT2D eigenvalue weighted by molar-refractivity contribution is -0.140. The van der Waals surface area contributed by atoms with Gasteiger partial charge >= 0.3 is 5.97 Å². The third kappa shape index (κ3) is 2.72. The van der Waals surface area contributed by atoms with Crippen molar-refractivity contribution in [3.05, 3.63) is 36.0 Å². The van der Waals surface area contributed by atoms with Crippen molar-refractivity contribution in [2.45, 2.75) is 55.1 Å². The fourth-order valence-corrected chi connectivity index (χ4v) is 4.05. The zero-order valence-corrected chi connectivity index (χ0v) is 13.8. The Morgan fingerprint density at radius 1 is 1.32 bits per heavy atom. The topological polar surface area (TPSA) is 50.2 Å². The number of carbonyl (C=O) groups is 1. The second-order valence-electron chi connectivity index (χ2n) is 5.97. The molecule has 1 aliphatic rings. The van der Waals surface area contributed by atoms with E-state index < -0.39 is 10.7 Å². The average Bonchev–Trinajstić information content (AvgIpc) is 3.37. The van der Waals surface area contributed by atoms with Gasteiger partial charge in [0.05, 0.1) is 5.52 Å². The number of fused-ring (bicyclic) bond motifs is 1. The second kappa shape index (κ2) is 5.92. The van der Waals surface area contributed by atoms with Crippen molar-refractivity contribution in [1.82, 2.24) is 4.98 Å². The molecule has 1 aromatic heterocycles. The van der Waals surface area contributed by atoms with E-state index in [9.17, 15) is 9.90 Å². The lowest BCUT2D eigenvalue weighted by atomic mass is 10.0. The molecule has 116 valence electrons. The summed E-state index contributed by atoms with van der Waals surface area (Å²) >= 11 is 1.48. The summed E-state index contributed by atoms with van der Waals surface area (Å²) < 4.78 is -0.760. The summed E-state index contributed by atoms with van der Waals surface area (Å²) in [6.07, 6.45) is 5.51. The fraction of sp³-hybridized carbons (Fsp3) is 0.444. The Balaban J connectivity index is 2.05. The summed E-state index contributed by atoms with van der Waals surface area (Å²) in [4.78, 5) is 17.2. The number of nitrogens with zero attached hydrogens (tertiary/aromatic N) is 1. The summed E-state index contributed by atoms with van der Waals surface area (Å²) in [5.74, 6) is -0.0464. The van der Waals surface area contributed by atoms with Crippen molar-refractivity contribution >= 4 is 28.6 Å². The molecule has 2 aromatic rings. The molecule has 1 heterocycles. The van der Waals surface area contributed by atoms with Crippen LogP contribution in [0.15, 0.2) is 35.4 Å². The largest absolute Gasteiger partial charge is 0.480 e. The minimum Gasteiger partial charge on any atom is -0.480 e. The van der Waals surface area contributed by atoms with E-state index in [0.717, 1.165) is 15.8 Å². The standard InChI is InChI=1S/C18H21NO2S/c1-3-18(4-2,17(20)21)22-16-9-10-19-15-8-7-13(11-14(15)16)12-5-6-12/h7-12H,3-6H2,1-2H3,(H,20,21). The number of benzene rings is 1. The molecule has 0 radical (unpaired) electrons. The van der Waals surface area contributed by atoms with Gasteiger partial charge in [-0.05, 0) is 55.4 Å². The van der Waals surface area contributed by atoms with E-state index in [1.165, 1.54) is 30.2 Å². The minimum absolute atomic E-state index is 0.607. The predicted molar refractivity (Wildman–Crippen MR) is 90.5 cm³/mol. The van der Waals surface area contributed by atoms with E-state index in [4.69, 9.17) is 0 Å². The molecule has 3 nitrogen and oxygen atoms in total. The highest BCUT2D eigenvalue weighted by Crippen LogP contribution is 2.44. The van der Waals surface area contributed by atoms with Crippen molar-refractivity contribution < 1.29 is 9.90 Å². The summed E-state index contributed by atoms with van der Waals surface area (Å²) in [6, 6.07) is 8.38. The number of aliphatic carboxylic acids is 1. The molecule has 22 heavy (non-hydrogen) atoms. The smallest absolute Gasteiger partial charge is 0.320 e. The quantitative estimate of drug-likeness (QED) is 0.774. The van der Waals surface area contributed by atoms with Crippen LogP contribution in [0.3, 0.4) is 0 Å². The molecular weight excluding hydrogens is 294 g/mol. The lowest BCUT2D eigenvalue weighted by Gasteiger charge is -2.26. The van der Waals surface area contributed by atoms with Gasteiger partial charge in [-0.2, -0.15) is 0 Å². The summed E-state index contributed by atoms with van der Waals surface area (Å²) in [5.41, 5.74) is 2.30. The Kier molecular flexibility index (Phi) is 4.13. The molecule has 4 heteroatoms. The van der Waals surface area contributed by atoms with Gasteiger partial charge in [0.1, 0.15) is 4.75 Å². The monoisotopic (exact) mass is 315 g/mol. The van der Waals surface area contributed by atoms with E-state index in [1.54, 1.807) is 6.20 Å². The summed E-state index contributed by atoms with van der Waals surface area (Å²) in [5, 5.41) is 10.8. The first kappa shape index (κ1) is 15.3. The van der Waals surface area contributed by atoms with Gasteiger partial charge in [0, 0.05) is 16.5 Å². The molecule has 0 spiro atoms. The van der Waals surface area contributed by atoms with Crippen molar-refractivity contribution in [3.63, 3.8) is 0 Å². The van der Waals surface area contributed by atoms with Crippen LogP contribution in [-0.4, -0.2) is 20.8 Å². The van der Waals surface area contributed by atoms with E-state index >= 15 is 0 Å². The normalized spacial score (nSPS) is 15.2. The Hall–Kier alpha value is -1.55. The molecule has 0 atom stereocenters. The van der Waals surface area contributed by atoms with Crippen molar-refractivity contribution in [2.75, 3.05) is 0 Å². The van der Waals surface area contributed by atoms with Crippen LogP contribution in [0.25, 0.3) is 10.9 Å². The van der Waals surface area contributed by atoms with E-state index in [-0.39, 0.29) is 0 Å². The molecule has 0 saturated heterocycles. The highest BCUT2D eigenvalue weighted by molar-refractivity contribution is 8.01. The van der Waals surface area contributed by atoms with Crippen molar-refractivity contribution in [3.8, 4) is 0 Å². The molecule has 0 bridgehead atoms. The average molecular weight is 315 g/mol. The molecular formula is C18H21NO2S. The maximum Gasteiger partial charge on any atom is 0.320 e. The van der Waals surface area contributed by atoms with Crippen LogP contribution in [0.4, 0.5) is 0 Å². The highest BCUT2D eigenvalue weighted by Gasteiger charge is 2.36. The van der Waals surface area contributed by atoms with Crippen LogP contribution in [0.5, 0.6) is 0 Å². The number of pyridine rings is 1. The van der Waals surface area contributed by atoms with Gasteiger partial charge in [-0.15, -0.1) is 11.8 Å². The number of hydrogen-bond donors (Lipinski definition) is 1. The van der Waals surface area contributed by atoms with Crippen LogP contribution < -0.4 is 0 Å². The van der Waals surface area contributed by atoms with Crippen LogP contribution in [-0.2, 0) is 4.79 Å². The van der Waals surface area contributed by atoms with Crippen LogP contribution in [0, 0.1) is 0 Å². The number of carboxylic acids is 1. The molecule has 0 amide bonds. The molecule has 0 unspecified atom stereocenters. The van der Waals surface area contributed by atoms with Crippen LogP contribution in [0.1, 0.15) is 51.0 Å². The zero-order chi connectivity index (χ0) is 15.7. The first-order valence-electron chi connectivity index (χ1n) is 7.90. The van der Waals surface area contributed by atoms with Gasteiger partial charge in [0.15, 0.2) is 0 Å². The van der Waals surface area contributed by atoms with Gasteiger partial charge < -0.3 is 5.11 Å². The molecule has 1 N–H and O–H groups in total. The van der Waals surface area contributed by atoms with Crippen molar-refractivity contribution in [2.24, 2.45) is 0 Å². The lowest BCUT2D eigenvalue weighted by Crippen LogP contribution is -2.33. The summed E-state index contributed by atoms with van der Waals surface area (Å²) in [7, 11) is 0. The Bertz CT molecular complexity index is 705. The van der Waals surface area contributed by atoms with Gasteiger partial charge in [-0.25, -0.2) is 0 Å². The third-order valence-corrected chi connectivity index (χ3v) is 6.33. The minimum atomic E-state index is -0.760. The van der Waals surface area contributed by atoms with E-state index in [0.29, 0.717) is 18.8 Å². The number of hydrogen-bond acceptors (Lipinski definition) is 3. The molecule has 1 aliphatic carbocycles. The third-order valence-electron chi connectivity index (χ3n) is 4.61.